The Morgan fingerprint density at radius 3 is 2.24 bits per heavy atom. The minimum atomic E-state index is -3.77. The molecular weight excluding hydrogens is 454 g/mol. The van der Waals surface area contributed by atoms with Gasteiger partial charge in [-0.25, -0.2) is 18.6 Å². The molecule has 0 unspecified atom stereocenters. The molecule has 0 aromatic heterocycles. The largest absolute Gasteiger partial charge is 0.513 e. The van der Waals surface area contributed by atoms with Crippen LogP contribution in [-0.4, -0.2) is 60.3 Å². The molecule has 0 heterocycles. The molecule has 0 radical (unpaired) electrons. The standard InChI is InChI=1S/C21H25N3O8S/c1-14(24(33(5,27)28)16-7-9-17(29-2)10-8-16)20(25)23-22-13-15-6-11-18(19(12-15)30-3)32-21(26)31-4/h6-14H,1-5H3,(H,23,25)/b22-13-/t14-/m0/s1. The van der Waals surface area contributed by atoms with Crippen molar-refractivity contribution in [1.29, 1.82) is 0 Å². The summed E-state index contributed by atoms with van der Waals surface area (Å²) < 4.78 is 45.3. The smallest absolute Gasteiger partial charge is 0.497 e. The molecule has 0 aliphatic heterocycles. The monoisotopic (exact) mass is 479 g/mol. The molecule has 2 aromatic rings. The second-order valence-electron chi connectivity index (χ2n) is 6.63. The predicted molar refractivity (Wildman–Crippen MR) is 122 cm³/mol. The Balaban J connectivity index is 2.14. The minimum Gasteiger partial charge on any atom is -0.497 e. The van der Waals surface area contributed by atoms with Crippen LogP contribution >= 0.6 is 0 Å². The lowest BCUT2D eigenvalue weighted by Crippen LogP contribution is -2.46. The first-order valence-electron chi connectivity index (χ1n) is 9.51. The maximum Gasteiger partial charge on any atom is 0.513 e. The van der Waals surface area contributed by atoms with Gasteiger partial charge in [0.2, 0.25) is 10.0 Å². The van der Waals surface area contributed by atoms with Crippen LogP contribution in [0, 0.1) is 0 Å². The Kier molecular flexibility index (Phi) is 8.63. The van der Waals surface area contributed by atoms with E-state index in [1.165, 1.54) is 58.7 Å². The molecule has 1 atom stereocenters. The number of hydrogen-bond acceptors (Lipinski definition) is 9. The van der Waals surface area contributed by atoms with Crippen LogP contribution in [-0.2, 0) is 19.6 Å². The fraction of sp³-hybridized carbons (Fsp3) is 0.286. The highest BCUT2D eigenvalue weighted by atomic mass is 32.2. The van der Waals surface area contributed by atoms with Crippen molar-refractivity contribution in [3.8, 4) is 17.2 Å². The summed E-state index contributed by atoms with van der Waals surface area (Å²) in [6.45, 7) is 1.44. The summed E-state index contributed by atoms with van der Waals surface area (Å²) >= 11 is 0. The molecule has 0 saturated heterocycles. The number of benzene rings is 2. The third-order valence-corrected chi connectivity index (χ3v) is 5.59. The summed E-state index contributed by atoms with van der Waals surface area (Å²) in [6.07, 6.45) is 1.44. The first-order valence-corrected chi connectivity index (χ1v) is 11.4. The molecule has 11 nitrogen and oxygen atoms in total. The van der Waals surface area contributed by atoms with E-state index in [-0.39, 0.29) is 11.5 Å². The van der Waals surface area contributed by atoms with Gasteiger partial charge in [-0.1, -0.05) is 0 Å². The van der Waals surface area contributed by atoms with Crippen LogP contribution < -0.4 is 23.9 Å². The van der Waals surface area contributed by atoms with Gasteiger partial charge < -0.3 is 18.9 Å². The van der Waals surface area contributed by atoms with E-state index in [1.807, 2.05) is 0 Å². The van der Waals surface area contributed by atoms with Crippen molar-refractivity contribution < 1.29 is 37.0 Å². The predicted octanol–water partition coefficient (Wildman–Crippen LogP) is 2.15. The fourth-order valence-corrected chi connectivity index (χ4v) is 3.96. The Hall–Kier alpha value is -3.80. The lowest BCUT2D eigenvalue weighted by molar-refractivity contribution is -0.121. The zero-order chi connectivity index (χ0) is 24.6. The second kappa shape index (κ2) is 11.2. The van der Waals surface area contributed by atoms with Gasteiger partial charge in [0.15, 0.2) is 11.5 Å². The molecule has 1 N–H and O–H groups in total. The fourth-order valence-electron chi connectivity index (χ4n) is 2.78. The average molecular weight is 480 g/mol. The molecule has 12 heteroatoms. The number of hydrogen-bond donors (Lipinski definition) is 1. The summed E-state index contributed by atoms with van der Waals surface area (Å²) in [4.78, 5) is 23.9. The third-order valence-electron chi connectivity index (χ3n) is 4.35. The van der Waals surface area contributed by atoms with Gasteiger partial charge in [-0.3, -0.25) is 9.10 Å². The minimum absolute atomic E-state index is 0.141. The van der Waals surface area contributed by atoms with Crippen molar-refractivity contribution in [3.05, 3.63) is 48.0 Å². The summed E-state index contributed by atoms with van der Waals surface area (Å²) in [5.41, 5.74) is 3.14. The zero-order valence-electron chi connectivity index (χ0n) is 18.8. The molecule has 0 fully saturated rings. The number of rotatable bonds is 9. The quantitative estimate of drug-likeness (QED) is 0.250. The number of carbonyl (C=O) groups is 2. The maximum absolute atomic E-state index is 12.6. The summed E-state index contributed by atoms with van der Waals surface area (Å²) in [5, 5.41) is 3.88. The number of nitrogens with one attached hydrogen (secondary N) is 1. The summed E-state index contributed by atoms with van der Waals surface area (Å²) in [7, 11) is 0.291. The van der Waals surface area contributed by atoms with E-state index in [0.29, 0.717) is 17.0 Å². The van der Waals surface area contributed by atoms with Gasteiger partial charge in [0, 0.05) is 0 Å². The van der Waals surface area contributed by atoms with Crippen LogP contribution in [0.1, 0.15) is 12.5 Å². The van der Waals surface area contributed by atoms with Gasteiger partial charge in [0.25, 0.3) is 5.91 Å². The lowest BCUT2D eigenvalue weighted by atomic mass is 10.2. The number of ether oxygens (including phenoxy) is 4. The molecule has 178 valence electrons. The average Bonchev–Trinajstić information content (AvgIpc) is 2.79. The highest BCUT2D eigenvalue weighted by Gasteiger charge is 2.29. The van der Waals surface area contributed by atoms with Crippen LogP contribution in [0.15, 0.2) is 47.6 Å². The first kappa shape index (κ1) is 25.5. The van der Waals surface area contributed by atoms with Crippen LogP contribution in [0.2, 0.25) is 0 Å². The lowest BCUT2D eigenvalue weighted by Gasteiger charge is -2.27. The number of carbonyl (C=O) groups excluding carboxylic acids is 2. The van der Waals surface area contributed by atoms with Gasteiger partial charge in [-0.05, 0) is 55.0 Å². The van der Waals surface area contributed by atoms with E-state index in [2.05, 4.69) is 15.3 Å². The van der Waals surface area contributed by atoms with Crippen molar-refractivity contribution in [2.45, 2.75) is 13.0 Å². The van der Waals surface area contributed by atoms with Gasteiger partial charge in [0.05, 0.1) is 39.5 Å². The topological polar surface area (TPSA) is 133 Å². The Morgan fingerprint density at radius 2 is 1.70 bits per heavy atom. The molecule has 2 aromatic carbocycles. The van der Waals surface area contributed by atoms with E-state index in [1.54, 1.807) is 18.2 Å². The van der Waals surface area contributed by atoms with Crippen molar-refractivity contribution in [3.63, 3.8) is 0 Å². The normalized spacial score (nSPS) is 12.0. The van der Waals surface area contributed by atoms with Gasteiger partial charge in [0.1, 0.15) is 11.8 Å². The number of anilines is 1. The van der Waals surface area contributed by atoms with Crippen molar-refractivity contribution in [1.82, 2.24) is 5.43 Å². The number of methoxy groups -OCH3 is 3. The Labute approximate surface area is 191 Å². The molecule has 0 bridgehead atoms. The van der Waals surface area contributed by atoms with Crippen LogP contribution in [0.5, 0.6) is 17.2 Å². The van der Waals surface area contributed by atoms with Crippen LogP contribution in [0.3, 0.4) is 0 Å². The summed E-state index contributed by atoms with van der Waals surface area (Å²) in [6, 6.07) is 9.74. The highest BCUT2D eigenvalue weighted by molar-refractivity contribution is 7.92. The van der Waals surface area contributed by atoms with E-state index >= 15 is 0 Å². The van der Waals surface area contributed by atoms with E-state index in [4.69, 9.17) is 14.2 Å². The Morgan fingerprint density at radius 1 is 1.03 bits per heavy atom. The number of hydrazone groups is 1. The number of amides is 1. The van der Waals surface area contributed by atoms with Gasteiger partial charge in [-0.15, -0.1) is 0 Å². The first-order chi connectivity index (χ1) is 15.6. The van der Waals surface area contributed by atoms with E-state index in [9.17, 15) is 18.0 Å². The maximum atomic E-state index is 12.6. The molecule has 2 rings (SSSR count). The van der Waals surface area contributed by atoms with Crippen molar-refractivity contribution >= 4 is 34.0 Å². The molecule has 0 saturated carbocycles. The second-order valence-corrected chi connectivity index (χ2v) is 8.49. The van der Waals surface area contributed by atoms with Crippen molar-refractivity contribution in [2.75, 3.05) is 31.9 Å². The van der Waals surface area contributed by atoms with Gasteiger partial charge in [-0.2, -0.15) is 5.10 Å². The van der Waals surface area contributed by atoms with Crippen LogP contribution in [0.4, 0.5) is 10.5 Å². The zero-order valence-corrected chi connectivity index (χ0v) is 19.6. The van der Waals surface area contributed by atoms with Crippen molar-refractivity contribution in [2.24, 2.45) is 5.10 Å². The van der Waals surface area contributed by atoms with E-state index in [0.717, 1.165) is 10.6 Å². The third kappa shape index (κ3) is 6.84. The SMILES string of the molecule is COC(=O)Oc1ccc(/C=N\NC(=O)[C@H](C)N(c2ccc(OC)cc2)S(C)(=O)=O)cc1OC. The van der Waals surface area contributed by atoms with E-state index < -0.39 is 28.1 Å². The highest BCUT2D eigenvalue weighted by Crippen LogP contribution is 2.28. The van der Waals surface area contributed by atoms with Gasteiger partial charge >= 0.3 is 6.16 Å². The Bertz CT molecular complexity index is 1120. The molecular formula is C21H25N3O8S. The molecule has 0 spiro atoms. The summed E-state index contributed by atoms with van der Waals surface area (Å²) in [5.74, 6) is 0.284. The molecule has 33 heavy (non-hydrogen) atoms. The van der Waals surface area contributed by atoms with Crippen LogP contribution in [0.25, 0.3) is 0 Å². The molecule has 0 aliphatic rings. The molecule has 1 amide bonds. The number of nitrogens with zero attached hydrogens (tertiary/aromatic N) is 2. The molecule has 0 aliphatic carbocycles. The number of sulfonamides is 1.